The zero-order valence-corrected chi connectivity index (χ0v) is 40.9. The minimum absolute atomic E-state index is 0.0624. The molecule has 0 aromatic rings. The highest BCUT2D eigenvalue weighted by Crippen LogP contribution is 2.18. The van der Waals surface area contributed by atoms with Crippen molar-refractivity contribution in [3.8, 4) is 0 Å². The smallest absolute Gasteiger partial charge is 0.306 e. The molecule has 0 rings (SSSR count). The molecule has 0 fully saturated rings. The van der Waals surface area contributed by atoms with Crippen molar-refractivity contribution in [2.24, 2.45) is 5.92 Å². The first kappa shape index (κ1) is 58.4. The van der Waals surface area contributed by atoms with Gasteiger partial charge in [0.25, 0.3) is 0 Å². The summed E-state index contributed by atoms with van der Waals surface area (Å²) in [6.07, 6.45) is 50.8. The lowest BCUT2D eigenvalue weighted by molar-refractivity contribution is -0.167. The molecule has 0 saturated carbocycles. The number of hydrogen-bond donors (Lipinski definition) is 0. The Balaban J connectivity index is 4.26. The zero-order valence-electron chi connectivity index (χ0n) is 40.9. The lowest BCUT2D eigenvalue weighted by atomic mass is 9.99. The van der Waals surface area contributed by atoms with Gasteiger partial charge < -0.3 is 14.2 Å². The number of unbranched alkanes of at least 4 members (excludes halogenated alkanes) is 35. The van der Waals surface area contributed by atoms with Crippen LogP contribution in [-0.4, -0.2) is 37.2 Å². The average molecular weight is 849 g/mol. The first-order chi connectivity index (χ1) is 29.4. The molecule has 1 unspecified atom stereocenters. The van der Waals surface area contributed by atoms with Crippen LogP contribution in [0, 0.1) is 5.92 Å². The van der Waals surface area contributed by atoms with E-state index in [1.54, 1.807) is 0 Å². The Morgan fingerprint density at radius 3 is 0.867 bits per heavy atom. The van der Waals surface area contributed by atoms with Crippen LogP contribution < -0.4 is 0 Å². The van der Waals surface area contributed by atoms with Crippen LogP contribution in [-0.2, 0) is 28.6 Å². The Kier molecular flexibility index (Phi) is 47.2. The zero-order chi connectivity index (χ0) is 43.8. The Morgan fingerprint density at radius 1 is 0.333 bits per heavy atom. The van der Waals surface area contributed by atoms with Gasteiger partial charge >= 0.3 is 17.9 Å². The van der Waals surface area contributed by atoms with Crippen molar-refractivity contribution in [3.05, 3.63) is 0 Å². The molecule has 60 heavy (non-hydrogen) atoms. The summed E-state index contributed by atoms with van der Waals surface area (Å²) in [6, 6.07) is 0. The second-order valence-corrected chi connectivity index (χ2v) is 18.8. The Morgan fingerprint density at radius 2 is 0.583 bits per heavy atom. The lowest BCUT2D eigenvalue weighted by Crippen LogP contribution is -2.30. The molecule has 0 aliphatic heterocycles. The summed E-state index contributed by atoms with van der Waals surface area (Å²) in [5.74, 6) is 0.0533. The van der Waals surface area contributed by atoms with Gasteiger partial charge in [-0.15, -0.1) is 0 Å². The number of rotatable bonds is 49. The molecule has 0 saturated heterocycles. The highest BCUT2D eigenvalue weighted by molar-refractivity contribution is 5.71. The molecule has 2 atom stereocenters. The number of ether oxygens (including phenoxy) is 3. The second kappa shape index (κ2) is 48.4. The van der Waals surface area contributed by atoms with Crippen molar-refractivity contribution in [1.82, 2.24) is 0 Å². The van der Waals surface area contributed by atoms with E-state index in [9.17, 15) is 14.4 Å². The first-order valence-electron chi connectivity index (χ1n) is 26.9. The monoisotopic (exact) mass is 849 g/mol. The number of esters is 3. The van der Waals surface area contributed by atoms with Crippen molar-refractivity contribution in [3.63, 3.8) is 0 Å². The molecule has 6 heteroatoms. The van der Waals surface area contributed by atoms with E-state index in [2.05, 4.69) is 27.7 Å². The minimum atomic E-state index is -0.760. The van der Waals surface area contributed by atoms with E-state index >= 15 is 0 Å². The summed E-state index contributed by atoms with van der Waals surface area (Å²) >= 11 is 0. The first-order valence-corrected chi connectivity index (χ1v) is 26.9. The molecular formula is C54H104O6. The molecule has 6 nitrogen and oxygen atoms in total. The molecule has 0 amide bonds. The van der Waals surface area contributed by atoms with Crippen molar-refractivity contribution in [1.29, 1.82) is 0 Å². The minimum Gasteiger partial charge on any atom is -0.462 e. The molecule has 0 aromatic heterocycles. The van der Waals surface area contributed by atoms with Crippen LogP contribution in [0.25, 0.3) is 0 Å². The Bertz CT molecular complexity index is 905. The summed E-state index contributed by atoms with van der Waals surface area (Å²) in [5.41, 5.74) is 0. The Labute approximate surface area is 374 Å². The quantitative estimate of drug-likeness (QED) is 0.0345. The van der Waals surface area contributed by atoms with E-state index in [0.29, 0.717) is 19.3 Å². The number of hydrogen-bond acceptors (Lipinski definition) is 6. The van der Waals surface area contributed by atoms with Gasteiger partial charge in [0.15, 0.2) is 6.10 Å². The van der Waals surface area contributed by atoms with Crippen molar-refractivity contribution in [2.45, 2.75) is 310 Å². The highest BCUT2D eigenvalue weighted by Gasteiger charge is 2.19. The van der Waals surface area contributed by atoms with Crippen molar-refractivity contribution in [2.75, 3.05) is 13.2 Å². The molecule has 0 aliphatic rings. The third kappa shape index (κ3) is 45.9. The second-order valence-electron chi connectivity index (χ2n) is 18.8. The van der Waals surface area contributed by atoms with E-state index in [1.807, 2.05) is 0 Å². The average Bonchev–Trinajstić information content (AvgIpc) is 3.25. The van der Waals surface area contributed by atoms with E-state index in [1.165, 1.54) is 199 Å². The van der Waals surface area contributed by atoms with E-state index in [-0.39, 0.29) is 31.1 Å². The van der Waals surface area contributed by atoms with Gasteiger partial charge in [-0.2, -0.15) is 0 Å². The maximum absolute atomic E-state index is 12.8. The SMILES string of the molecule is CCCCCCCCCCCCCCCCC(=O)O[C@@H](COC(=O)CCCCCCCCCCCC)COC(=O)CCCCCCCCCCCCCCCCC(C)CC. The summed E-state index contributed by atoms with van der Waals surface area (Å²) in [7, 11) is 0. The predicted molar refractivity (Wildman–Crippen MR) is 257 cm³/mol. The maximum Gasteiger partial charge on any atom is 0.306 e. The van der Waals surface area contributed by atoms with Crippen LogP contribution in [0.3, 0.4) is 0 Å². The summed E-state index contributed by atoms with van der Waals surface area (Å²) in [6.45, 7) is 9.07. The van der Waals surface area contributed by atoms with Gasteiger partial charge in [-0.1, -0.05) is 265 Å². The molecular weight excluding hydrogens is 745 g/mol. The molecule has 0 aromatic carbocycles. The predicted octanol–water partition coefficient (Wildman–Crippen LogP) is 17.5. The van der Waals surface area contributed by atoms with Crippen LogP contribution in [0.15, 0.2) is 0 Å². The van der Waals surface area contributed by atoms with Gasteiger partial charge in [0.2, 0.25) is 0 Å². The van der Waals surface area contributed by atoms with Crippen LogP contribution in [0.2, 0.25) is 0 Å². The van der Waals surface area contributed by atoms with Gasteiger partial charge in [-0.3, -0.25) is 14.4 Å². The fraction of sp³-hybridized carbons (Fsp3) is 0.944. The molecule has 0 N–H and O–H groups in total. The molecule has 0 spiro atoms. The third-order valence-electron chi connectivity index (χ3n) is 12.7. The summed E-state index contributed by atoms with van der Waals surface area (Å²) in [5, 5.41) is 0. The largest absolute Gasteiger partial charge is 0.462 e. The fourth-order valence-electron chi connectivity index (χ4n) is 8.19. The number of carbonyl (C=O) groups is 3. The van der Waals surface area contributed by atoms with Gasteiger partial charge in [-0.05, 0) is 25.2 Å². The van der Waals surface area contributed by atoms with Gasteiger partial charge in [0, 0.05) is 19.3 Å². The van der Waals surface area contributed by atoms with Gasteiger partial charge in [-0.25, -0.2) is 0 Å². The molecule has 0 heterocycles. The lowest BCUT2D eigenvalue weighted by Gasteiger charge is -2.18. The van der Waals surface area contributed by atoms with E-state index in [4.69, 9.17) is 14.2 Å². The van der Waals surface area contributed by atoms with Crippen LogP contribution in [0.4, 0.5) is 0 Å². The third-order valence-corrected chi connectivity index (χ3v) is 12.7. The molecule has 0 bridgehead atoms. The topological polar surface area (TPSA) is 78.9 Å². The van der Waals surface area contributed by atoms with E-state index < -0.39 is 6.10 Å². The van der Waals surface area contributed by atoms with Crippen LogP contribution >= 0.6 is 0 Å². The van der Waals surface area contributed by atoms with Gasteiger partial charge in [0.05, 0.1) is 0 Å². The maximum atomic E-state index is 12.8. The summed E-state index contributed by atoms with van der Waals surface area (Å²) in [4.78, 5) is 37.9. The van der Waals surface area contributed by atoms with Gasteiger partial charge in [0.1, 0.15) is 13.2 Å². The molecule has 356 valence electrons. The van der Waals surface area contributed by atoms with Crippen molar-refractivity contribution >= 4 is 17.9 Å². The molecule has 0 aliphatic carbocycles. The van der Waals surface area contributed by atoms with Crippen LogP contribution in [0.5, 0.6) is 0 Å². The number of carbonyl (C=O) groups excluding carboxylic acids is 3. The summed E-state index contributed by atoms with van der Waals surface area (Å²) < 4.78 is 16.8. The van der Waals surface area contributed by atoms with E-state index in [0.717, 1.165) is 63.7 Å². The fourth-order valence-corrected chi connectivity index (χ4v) is 8.19. The van der Waals surface area contributed by atoms with Crippen molar-refractivity contribution < 1.29 is 28.6 Å². The molecule has 0 radical (unpaired) electrons. The Hall–Kier alpha value is -1.59. The highest BCUT2D eigenvalue weighted by atomic mass is 16.6. The normalized spacial score (nSPS) is 12.4. The van der Waals surface area contributed by atoms with Crippen LogP contribution in [0.1, 0.15) is 304 Å². The standard InChI is InChI=1S/C54H104O6/c1-5-8-10-12-14-16-18-19-23-27-31-35-39-43-47-54(57)60-51(48-58-52(55)45-41-37-33-29-17-15-13-11-9-6-2)49-59-53(56)46-42-38-34-30-26-24-21-20-22-25-28-32-36-40-44-50(4)7-3/h50-51H,5-49H2,1-4H3/t50?,51-/m0/s1.